The number of thioether (sulfide) groups is 1. The molecule has 0 unspecified atom stereocenters. The van der Waals surface area contributed by atoms with Crippen LogP contribution in [0.3, 0.4) is 0 Å². The van der Waals surface area contributed by atoms with Crippen molar-refractivity contribution in [2.75, 3.05) is 18.2 Å². The Hall–Kier alpha value is -1.99. The van der Waals surface area contributed by atoms with Crippen LogP contribution < -0.4 is 10.1 Å². The highest BCUT2D eigenvalue weighted by molar-refractivity contribution is 7.99. The van der Waals surface area contributed by atoms with E-state index in [4.69, 9.17) is 9.84 Å². The molecule has 2 aromatic rings. The van der Waals surface area contributed by atoms with Gasteiger partial charge in [0.2, 0.25) is 5.91 Å². The molecule has 1 heterocycles. The van der Waals surface area contributed by atoms with Gasteiger partial charge in [0.15, 0.2) is 5.16 Å². The van der Waals surface area contributed by atoms with Crippen LogP contribution in [0.1, 0.15) is 5.69 Å². The predicted molar refractivity (Wildman–Crippen MR) is 81.5 cm³/mol. The van der Waals surface area contributed by atoms with Gasteiger partial charge in [-0.3, -0.25) is 4.79 Å². The van der Waals surface area contributed by atoms with E-state index in [0.29, 0.717) is 22.3 Å². The fraction of sp³-hybridized carbons (Fsp3) is 0.286. The maximum absolute atomic E-state index is 12.0. The van der Waals surface area contributed by atoms with Crippen molar-refractivity contribution in [3.05, 3.63) is 36.2 Å². The van der Waals surface area contributed by atoms with Gasteiger partial charge in [0.25, 0.3) is 0 Å². The molecule has 0 spiro atoms. The molecule has 0 saturated carbocycles. The molecule has 7 heteroatoms. The number of hydrogen-bond acceptors (Lipinski definition) is 5. The van der Waals surface area contributed by atoms with E-state index in [2.05, 4.69) is 10.3 Å². The number of carbonyl (C=O) groups excluding carboxylic acids is 1. The molecular weight excluding hydrogens is 290 g/mol. The Morgan fingerprint density at radius 3 is 2.90 bits per heavy atom. The summed E-state index contributed by atoms with van der Waals surface area (Å²) in [6, 6.07) is 7.24. The van der Waals surface area contributed by atoms with E-state index in [0.717, 1.165) is 0 Å². The number of imidazole rings is 1. The number of methoxy groups -OCH3 is 1. The first-order valence-corrected chi connectivity index (χ1v) is 7.31. The van der Waals surface area contributed by atoms with Crippen LogP contribution in [0.4, 0.5) is 5.69 Å². The van der Waals surface area contributed by atoms with Crippen LogP contribution in [-0.4, -0.2) is 33.4 Å². The van der Waals surface area contributed by atoms with Crippen molar-refractivity contribution in [3.8, 4) is 5.75 Å². The van der Waals surface area contributed by atoms with Crippen LogP contribution in [0.25, 0.3) is 0 Å². The minimum Gasteiger partial charge on any atom is -0.495 e. The highest BCUT2D eigenvalue weighted by atomic mass is 32.2. The van der Waals surface area contributed by atoms with E-state index in [1.807, 2.05) is 12.1 Å². The Bertz CT molecular complexity index is 628. The molecule has 0 radical (unpaired) electrons. The van der Waals surface area contributed by atoms with Gasteiger partial charge >= 0.3 is 0 Å². The highest BCUT2D eigenvalue weighted by Gasteiger charge is 2.11. The first-order chi connectivity index (χ1) is 10.2. The van der Waals surface area contributed by atoms with E-state index >= 15 is 0 Å². The van der Waals surface area contributed by atoms with Crippen LogP contribution in [-0.2, 0) is 18.4 Å². The highest BCUT2D eigenvalue weighted by Crippen LogP contribution is 2.24. The van der Waals surface area contributed by atoms with Gasteiger partial charge in [-0.2, -0.15) is 0 Å². The SMILES string of the molecule is COc1ccccc1NC(=O)CSc1ncc(CO)n1C. The molecule has 1 aromatic carbocycles. The van der Waals surface area contributed by atoms with E-state index < -0.39 is 0 Å². The van der Waals surface area contributed by atoms with Crippen molar-refractivity contribution < 1.29 is 14.6 Å². The lowest BCUT2D eigenvalue weighted by atomic mass is 10.3. The maximum Gasteiger partial charge on any atom is 0.234 e. The number of para-hydroxylation sites is 2. The molecule has 1 aromatic heterocycles. The zero-order chi connectivity index (χ0) is 15.2. The number of ether oxygens (including phenoxy) is 1. The third kappa shape index (κ3) is 3.77. The quantitative estimate of drug-likeness (QED) is 0.794. The third-order valence-corrected chi connectivity index (χ3v) is 3.96. The third-order valence-electron chi connectivity index (χ3n) is 2.92. The number of anilines is 1. The number of nitrogens with one attached hydrogen (secondary N) is 1. The summed E-state index contributed by atoms with van der Waals surface area (Å²) in [4.78, 5) is 16.1. The van der Waals surface area contributed by atoms with Gasteiger partial charge in [-0.1, -0.05) is 23.9 Å². The summed E-state index contributed by atoms with van der Waals surface area (Å²) >= 11 is 1.31. The number of benzene rings is 1. The number of rotatable bonds is 6. The summed E-state index contributed by atoms with van der Waals surface area (Å²) in [5.41, 5.74) is 1.35. The van der Waals surface area contributed by atoms with Crippen molar-refractivity contribution >= 4 is 23.4 Å². The van der Waals surface area contributed by atoms with Crippen molar-refractivity contribution in [2.24, 2.45) is 7.05 Å². The molecule has 112 valence electrons. The molecule has 0 fully saturated rings. The molecule has 0 aliphatic rings. The number of aromatic nitrogens is 2. The van der Waals surface area contributed by atoms with Gasteiger partial charge in [-0.15, -0.1) is 0 Å². The standard InChI is InChI=1S/C14H17N3O3S/c1-17-10(8-18)7-15-14(17)21-9-13(19)16-11-5-3-4-6-12(11)20-2/h3-7,18H,8-9H2,1-2H3,(H,16,19). The molecule has 0 atom stereocenters. The molecule has 0 bridgehead atoms. The Kier molecular flexibility index (Phi) is 5.24. The molecule has 2 rings (SSSR count). The average Bonchev–Trinajstić information content (AvgIpc) is 2.86. The van der Waals surface area contributed by atoms with Gasteiger partial charge in [0.1, 0.15) is 5.75 Å². The van der Waals surface area contributed by atoms with E-state index in [-0.39, 0.29) is 18.3 Å². The number of amides is 1. The van der Waals surface area contributed by atoms with E-state index in [1.54, 1.807) is 37.1 Å². The summed E-state index contributed by atoms with van der Waals surface area (Å²) in [6.45, 7) is -0.0720. The fourth-order valence-electron chi connectivity index (χ4n) is 1.77. The predicted octanol–water partition coefficient (Wildman–Crippen LogP) is 1.65. The van der Waals surface area contributed by atoms with Crippen LogP contribution in [0.2, 0.25) is 0 Å². The summed E-state index contributed by atoms with van der Waals surface area (Å²) < 4.78 is 6.95. The van der Waals surface area contributed by atoms with Crippen molar-refractivity contribution in [2.45, 2.75) is 11.8 Å². The molecule has 6 nitrogen and oxygen atoms in total. The summed E-state index contributed by atoms with van der Waals surface area (Å²) in [5.74, 6) is 0.710. The fourth-order valence-corrected chi connectivity index (χ4v) is 2.54. The van der Waals surface area contributed by atoms with E-state index in [1.165, 1.54) is 11.8 Å². The number of carbonyl (C=O) groups is 1. The first-order valence-electron chi connectivity index (χ1n) is 6.32. The number of hydrogen-bond donors (Lipinski definition) is 2. The maximum atomic E-state index is 12.0. The monoisotopic (exact) mass is 307 g/mol. The molecular formula is C14H17N3O3S. The normalized spacial score (nSPS) is 10.4. The summed E-state index contributed by atoms with van der Waals surface area (Å²) in [5, 5.41) is 12.6. The van der Waals surface area contributed by atoms with Crippen molar-refractivity contribution in [1.82, 2.24) is 9.55 Å². The number of nitrogens with zero attached hydrogens (tertiary/aromatic N) is 2. The number of aliphatic hydroxyl groups excluding tert-OH is 1. The smallest absolute Gasteiger partial charge is 0.234 e. The van der Waals surface area contributed by atoms with Crippen LogP contribution >= 0.6 is 11.8 Å². The Morgan fingerprint density at radius 1 is 1.48 bits per heavy atom. The van der Waals surface area contributed by atoms with E-state index in [9.17, 15) is 4.79 Å². The van der Waals surface area contributed by atoms with Gasteiger partial charge < -0.3 is 19.7 Å². The minimum absolute atomic E-state index is 0.0720. The van der Waals surface area contributed by atoms with Crippen molar-refractivity contribution in [3.63, 3.8) is 0 Å². The average molecular weight is 307 g/mol. The molecule has 0 saturated heterocycles. The second-order valence-corrected chi connectivity index (χ2v) is 5.23. The van der Waals surface area contributed by atoms with Crippen LogP contribution in [0.15, 0.2) is 35.6 Å². The first kappa shape index (κ1) is 15.4. The summed E-state index contributed by atoms with van der Waals surface area (Å²) in [6.07, 6.45) is 1.60. The zero-order valence-electron chi connectivity index (χ0n) is 11.9. The number of aliphatic hydroxyl groups is 1. The largest absolute Gasteiger partial charge is 0.495 e. The minimum atomic E-state index is -0.141. The Labute approximate surface area is 127 Å². The Morgan fingerprint density at radius 2 is 2.24 bits per heavy atom. The topological polar surface area (TPSA) is 76.4 Å². The second kappa shape index (κ2) is 7.14. The van der Waals surface area contributed by atoms with Crippen LogP contribution in [0, 0.1) is 0 Å². The van der Waals surface area contributed by atoms with Gasteiger partial charge in [-0.05, 0) is 12.1 Å². The lowest BCUT2D eigenvalue weighted by Crippen LogP contribution is -2.15. The lowest BCUT2D eigenvalue weighted by molar-refractivity contribution is -0.113. The Balaban J connectivity index is 1.94. The molecule has 0 aliphatic carbocycles. The molecule has 0 aliphatic heterocycles. The second-order valence-electron chi connectivity index (χ2n) is 4.29. The molecule has 21 heavy (non-hydrogen) atoms. The van der Waals surface area contributed by atoms with Gasteiger partial charge in [0, 0.05) is 7.05 Å². The molecule has 1 amide bonds. The zero-order valence-corrected chi connectivity index (χ0v) is 12.7. The van der Waals surface area contributed by atoms with Gasteiger partial charge in [-0.25, -0.2) is 4.98 Å². The molecule has 2 N–H and O–H groups in total. The summed E-state index contributed by atoms with van der Waals surface area (Å²) in [7, 11) is 3.36. The van der Waals surface area contributed by atoms with Crippen molar-refractivity contribution in [1.29, 1.82) is 0 Å². The van der Waals surface area contributed by atoms with Crippen LogP contribution in [0.5, 0.6) is 5.75 Å². The lowest BCUT2D eigenvalue weighted by Gasteiger charge is -2.09. The van der Waals surface area contributed by atoms with Gasteiger partial charge in [0.05, 0.1) is 37.0 Å².